The first-order chi connectivity index (χ1) is 19.2. The van der Waals surface area contributed by atoms with Crippen LogP contribution in [0.4, 0.5) is 0 Å². The molecule has 4 unspecified atom stereocenters. The number of H-pyrrole nitrogens is 2. The highest BCUT2D eigenvalue weighted by Crippen LogP contribution is 2.20. The molecule has 0 aliphatic carbocycles. The van der Waals surface area contributed by atoms with Crippen molar-refractivity contribution in [3.05, 3.63) is 66.3 Å². The van der Waals surface area contributed by atoms with E-state index in [0.29, 0.717) is 30.8 Å². The van der Waals surface area contributed by atoms with Crippen molar-refractivity contribution in [1.82, 2.24) is 35.5 Å². The molecule has 8 N–H and O–H groups in total. The van der Waals surface area contributed by atoms with E-state index in [1.54, 1.807) is 12.1 Å². The Balaban J connectivity index is 1.44. The summed E-state index contributed by atoms with van der Waals surface area (Å²) in [7, 11) is 0. The number of hydrogen-bond donors (Lipinski definition) is 7. The Morgan fingerprint density at radius 1 is 0.975 bits per heavy atom. The molecule has 212 valence electrons. The lowest BCUT2D eigenvalue weighted by Gasteiger charge is -2.28. The van der Waals surface area contributed by atoms with Crippen LogP contribution in [0, 0.1) is 0 Å². The van der Waals surface area contributed by atoms with Gasteiger partial charge in [0.2, 0.25) is 17.7 Å². The van der Waals surface area contributed by atoms with Gasteiger partial charge in [-0.15, -0.1) is 0 Å². The van der Waals surface area contributed by atoms with E-state index in [4.69, 9.17) is 5.73 Å². The van der Waals surface area contributed by atoms with Gasteiger partial charge in [-0.05, 0) is 37.0 Å². The average molecular weight is 553 g/mol. The Hall–Kier alpha value is -4.72. The molecular formula is C26H32N8O6. The van der Waals surface area contributed by atoms with Crippen LogP contribution in [0.15, 0.2) is 49.3 Å². The number of carboxylic acid groups (broad SMARTS) is 1. The maximum Gasteiger partial charge on any atom is 0.326 e. The molecule has 0 radical (unpaired) electrons. The van der Waals surface area contributed by atoms with E-state index in [0.717, 1.165) is 5.56 Å². The fraction of sp³-hybridized carbons (Fsp3) is 0.385. The lowest BCUT2D eigenvalue weighted by atomic mass is 10.0. The minimum atomic E-state index is -1.27. The van der Waals surface area contributed by atoms with Crippen LogP contribution in [0.1, 0.15) is 29.8 Å². The van der Waals surface area contributed by atoms with Gasteiger partial charge in [0, 0.05) is 43.2 Å². The zero-order valence-electron chi connectivity index (χ0n) is 21.6. The summed E-state index contributed by atoms with van der Waals surface area (Å²) >= 11 is 0. The first-order valence-corrected chi connectivity index (χ1v) is 12.8. The standard InChI is InChI=1S/C26H32N8O6/c27-19(8-15-3-5-18(35)6-4-15)25(38)34-7-1-2-22(34)24(37)32-20(9-16-11-28-13-30-16)23(36)33-21(26(39)40)10-17-12-29-14-31-17/h3-6,11-14,19-22,35H,1-2,7-10,27H2,(H,28,30)(H,29,31)(H,32,37)(H,33,36)(H,39,40). The molecule has 1 saturated heterocycles. The molecule has 40 heavy (non-hydrogen) atoms. The summed E-state index contributed by atoms with van der Waals surface area (Å²) < 4.78 is 0. The predicted octanol–water partition coefficient (Wildman–Crippen LogP) is -0.761. The van der Waals surface area contributed by atoms with Crippen LogP contribution >= 0.6 is 0 Å². The number of aliphatic carboxylic acids is 1. The fourth-order valence-electron chi connectivity index (χ4n) is 4.67. The van der Waals surface area contributed by atoms with Crippen molar-refractivity contribution in [1.29, 1.82) is 0 Å². The molecule has 0 bridgehead atoms. The minimum absolute atomic E-state index is 0.0228. The number of imidazole rings is 2. The van der Waals surface area contributed by atoms with Gasteiger partial charge in [0.05, 0.1) is 18.7 Å². The molecule has 2 aromatic heterocycles. The van der Waals surface area contributed by atoms with Crippen LogP contribution < -0.4 is 16.4 Å². The van der Waals surface area contributed by atoms with E-state index in [9.17, 15) is 29.4 Å². The van der Waals surface area contributed by atoms with Crippen LogP contribution in [-0.2, 0) is 38.4 Å². The lowest BCUT2D eigenvalue weighted by Crippen LogP contribution is -2.57. The largest absolute Gasteiger partial charge is 0.508 e. The third-order valence-corrected chi connectivity index (χ3v) is 6.75. The number of aromatic hydroxyl groups is 1. The molecule has 0 spiro atoms. The number of carboxylic acids is 1. The van der Waals surface area contributed by atoms with Crippen molar-refractivity contribution < 1.29 is 29.4 Å². The second kappa shape index (κ2) is 12.9. The maximum atomic E-state index is 13.4. The van der Waals surface area contributed by atoms with Gasteiger partial charge in [0.25, 0.3) is 0 Å². The number of nitrogens with two attached hydrogens (primary N) is 1. The Labute approximate surface area is 229 Å². The number of benzene rings is 1. The molecule has 0 saturated carbocycles. The first-order valence-electron chi connectivity index (χ1n) is 12.8. The summed E-state index contributed by atoms with van der Waals surface area (Å²) in [5, 5.41) is 24.3. The topological polar surface area (TPSA) is 219 Å². The SMILES string of the molecule is NC(Cc1ccc(O)cc1)C(=O)N1CCCC1C(=O)NC(Cc1cnc[nH]1)C(=O)NC(Cc1cnc[nH]1)C(=O)O. The second-order valence-corrected chi connectivity index (χ2v) is 9.69. The molecule has 4 rings (SSSR count). The van der Waals surface area contributed by atoms with Crippen molar-refractivity contribution in [3.8, 4) is 5.75 Å². The Morgan fingerprint density at radius 3 is 2.17 bits per heavy atom. The summed E-state index contributed by atoms with van der Waals surface area (Å²) in [6.07, 6.45) is 6.98. The number of carbonyl (C=O) groups is 4. The van der Waals surface area contributed by atoms with E-state index >= 15 is 0 Å². The maximum absolute atomic E-state index is 13.4. The highest BCUT2D eigenvalue weighted by Gasteiger charge is 2.38. The average Bonchev–Trinajstić information content (AvgIpc) is 3.72. The minimum Gasteiger partial charge on any atom is -0.508 e. The number of likely N-dealkylation sites (tertiary alicyclic amines) is 1. The zero-order chi connectivity index (χ0) is 28.6. The van der Waals surface area contributed by atoms with Gasteiger partial charge in [-0.25, -0.2) is 14.8 Å². The van der Waals surface area contributed by atoms with Crippen molar-refractivity contribution in [2.75, 3.05) is 6.54 Å². The molecule has 1 aromatic carbocycles. The van der Waals surface area contributed by atoms with E-state index in [1.807, 2.05) is 0 Å². The number of aromatic nitrogens is 4. The molecule has 3 amide bonds. The monoisotopic (exact) mass is 552 g/mol. The van der Waals surface area contributed by atoms with Crippen molar-refractivity contribution in [2.24, 2.45) is 5.73 Å². The number of aromatic amines is 2. The summed E-state index contributed by atoms with van der Waals surface area (Å²) in [5.74, 6) is -2.78. The van der Waals surface area contributed by atoms with Crippen LogP contribution in [0.25, 0.3) is 0 Å². The van der Waals surface area contributed by atoms with Gasteiger partial charge in [0.15, 0.2) is 0 Å². The number of nitrogens with zero attached hydrogens (tertiary/aromatic N) is 3. The van der Waals surface area contributed by atoms with Crippen molar-refractivity contribution in [2.45, 2.75) is 56.3 Å². The summed E-state index contributed by atoms with van der Waals surface area (Å²) in [6.45, 7) is 0.336. The third-order valence-electron chi connectivity index (χ3n) is 6.75. The van der Waals surface area contributed by atoms with E-state index < -0.39 is 47.9 Å². The molecule has 14 heteroatoms. The van der Waals surface area contributed by atoms with Crippen LogP contribution in [0.2, 0.25) is 0 Å². The molecule has 4 atom stereocenters. The van der Waals surface area contributed by atoms with Gasteiger partial charge >= 0.3 is 5.97 Å². The number of phenols is 1. The van der Waals surface area contributed by atoms with Gasteiger partial charge < -0.3 is 41.4 Å². The van der Waals surface area contributed by atoms with Crippen molar-refractivity contribution in [3.63, 3.8) is 0 Å². The van der Waals surface area contributed by atoms with E-state index in [2.05, 4.69) is 30.6 Å². The second-order valence-electron chi connectivity index (χ2n) is 9.69. The third kappa shape index (κ3) is 7.22. The highest BCUT2D eigenvalue weighted by atomic mass is 16.4. The highest BCUT2D eigenvalue weighted by molar-refractivity contribution is 5.94. The first kappa shape index (κ1) is 28.3. The zero-order valence-corrected chi connectivity index (χ0v) is 21.6. The molecule has 1 aliphatic heterocycles. The summed E-state index contributed by atoms with van der Waals surface area (Å²) in [6, 6.07) is 2.21. The Morgan fingerprint density at radius 2 is 1.60 bits per heavy atom. The fourth-order valence-corrected chi connectivity index (χ4v) is 4.67. The Bertz CT molecular complexity index is 1300. The number of carbonyl (C=O) groups excluding carboxylic acids is 3. The number of amides is 3. The molecule has 1 fully saturated rings. The molecule has 14 nitrogen and oxygen atoms in total. The smallest absolute Gasteiger partial charge is 0.326 e. The predicted molar refractivity (Wildman–Crippen MR) is 141 cm³/mol. The van der Waals surface area contributed by atoms with Crippen LogP contribution in [0.5, 0.6) is 5.75 Å². The van der Waals surface area contributed by atoms with Gasteiger partial charge in [-0.3, -0.25) is 14.4 Å². The number of phenolic OH excluding ortho intramolecular Hbond substituents is 1. The molecule has 3 heterocycles. The number of nitrogens with one attached hydrogen (secondary N) is 4. The van der Waals surface area contributed by atoms with Gasteiger partial charge in [-0.1, -0.05) is 12.1 Å². The van der Waals surface area contributed by atoms with E-state index in [1.165, 1.54) is 42.1 Å². The van der Waals surface area contributed by atoms with Crippen LogP contribution in [0.3, 0.4) is 0 Å². The lowest BCUT2D eigenvalue weighted by molar-refractivity contribution is -0.143. The van der Waals surface area contributed by atoms with E-state index in [-0.39, 0.29) is 25.0 Å². The number of rotatable bonds is 12. The quantitative estimate of drug-likeness (QED) is 0.150. The number of hydrogen-bond acceptors (Lipinski definition) is 8. The van der Waals surface area contributed by atoms with Gasteiger partial charge in [0.1, 0.15) is 23.9 Å². The Kier molecular flexibility index (Phi) is 9.11. The van der Waals surface area contributed by atoms with Gasteiger partial charge in [-0.2, -0.15) is 0 Å². The van der Waals surface area contributed by atoms with Crippen molar-refractivity contribution >= 4 is 23.7 Å². The molecule has 1 aliphatic rings. The molecular weight excluding hydrogens is 520 g/mol. The normalized spacial score (nSPS) is 17.1. The molecule has 3 aromatic rings. The summed E-state index contributed by atoms with van der Waals surface area (Å²) in [5.41, 5.74) is 8.02. The summed E-state index contributed by atoms with van der Waals surface area (Å²) in [4.78, 5) is 66.6. The van der Waals surface area contributed by atoms with Crippen LogP contribution in [-0.4, -0.2) is 89.5 Å².